The van der Waals surface area contributed by atoms with Crippen LogP contribution in [0.1, 0.15) is 24.9 Å². The van der Waals surface area contributed by atoms with Crippen LogP contribution >= 0.6 is 0 Å². The zero-order valence-corrected chi connectivity index (χ0v) is 10.7. The molecular formula is C13H21FN2O. The second-order valence-electron chi connectivity index (χ2n) is 4.48. The van der Waals surface area contributed by atoms with Gasteiger partial charge in [0.2, 0.25) is 0 Å². The Morgan fingerprint density at radius 3 is 2.65 bits per heavy atom. The third-order valence-electron chi connectivity index (χ3n) is 2.49. The Labute approximate surface area is 102 Å². The third-order valence-corrected chi connectivity index (χ3v) is 2.49. The minimum absolute atomic E-state index is 0.160. The van der Waals surface area contributed by atoms with E-state index in [4.69, 9.17) is 10.5 Å². The predicted octanol–water partition coefficient (Wildman–Crippen LogP) is 2.18. The first-order chi connectivity index (χ1) is 8.00. The maximum Gasteiger partial charge on any atom is 0.165 e. The van der Waals surface area contributed by atoms with E-state index in [2.05, 4.69) is 4.90 Å². The van der Waals surface area contributed by atoms with E-state index in [9.17, 15) is 4.39 Å². The van der Waals surface area contributed by atoms with Crippen LogP contribution in [0.15, 0.2) is 18.2 Å². The van der Waals surface area contributed by atoms with Crippen molar-refractivity contribution in [2.45, 2.75) is 19.4 Å². The van der Waals surface area contributed by atoms with Crippen molar-refractivity contribution in [3.8, 4) is 5.75 Å². The van der Waals surface area contributed by atoms with E-state index in [-0.39, 0.29) is 11.9 Å². The maximum atomic E-state index is 13.6. The van der Waals surface area contributed by atoms with Gasteiger partial charge in [-0.1, -0.05) is 6.07 Å². The number of hydrogen-bond acceptors (Lipinski definition) is 3. The first-order valence-electron chi connectivity index (χ1n) is 5.83. The average Bonchev–Trinajstić information content (AvgIpc) is 2.25. The summed E-state index contributed by atoms with van der Waals surface area (Å²) in [5.41, 5.74) is 6.46. The summed E-state index contributed by atoms with van der Waals surface area (Å²) < 4.78 is 19.0. The van der Waals surface area contributed by atoms with Crippen LogP contribution in [0.4, 0.5) is 4.39 Å². The first kappa shape index (κ1) is 13.9. The van der Waals surface area contributed by atoms with Gasteiger partial charge in [0.1, 0.15) is 0 Å². The molecule has 17 heavy (non-hydrogen) atoms. The summed E-state index contributed by atoms with van der Waals surface area (Å²) in [6.07, 6.45) is 0.876. The molecule has 0 radical (unpaired) electrons. The molecule has 0 heterocycles. The molecule has 0 aliphatic rings. The highest BCUT2D eigenvalue weighted by molar-refractivity contribution is 5.30. The molecule has 1 aromatic rings. The van der Waals surface area contributed by atoms with Crippen LogP contribution in [-0.4, -0.2) is 32.1 Å². The molecule has 1 atom stereocenters. The van der Waals surface area contributed by atoms with Gasteiger partial charge in [-0.3, -0.25) is 0 Å². The van der Waals surface area contributed by atoms with Crippen LogP contribution in [0.5, 0.6) is 5.75 Å². The highest BCUT2D eigenvalue weighted by Crippen LogP contribution is 2.21. The summed E-state index contributed by atoms with van der Waals surface area (Å²) in [6, 6.07) is 4.72. The van der Waals surface area contributed by atoms with Crippen molar-refractivity contribution in [2.24, 2.45) is 5.73 Å². The van der Waals surface area contributed by atoms with Gasteiger partial charge in [-0.05, 0) is 45.1 Å². The first-order valence-corrected chi connectivity index (χ1v) is 5.83. The maximum absolute atomic E-state index is 13.6. The fourth-order valence-electron chi connectivity index (χ4n) is 1.48. The molecule has 2 N–H and O–H groups in total. The van der Waals surface area contributed by atoms with E-state index < -0.39 is 0 Å². The molecule has 0 aromatic heterocycles. The zero-order valence-electron chi connectivity index (χ0n) is 10.7. The van der Waals surface area contributed by atoms with Gasteiger partial charge in [0.15, 0.2) is 11.6 Å². The molecule has 0 spiro atoms. The van der Waals surface area contributed by atoms with E-state index in [1.54, 1.807) is 12.1 Å². The Balaban J connectivity index is 2.49. The number of hydrogen-bond donors (Lipinski definition) is 1. The molecule has 0 aliphatic carbocycles. The second-order valence-corrected chi connectivity index (χ2v) is 4.48. The molecule has 0 saturated heterocycles. The summed E-state index contributed by atoms with van der Waals surface area (Å²) in [7, 11) is 4.00. The lowest BCUT2D eigenvalue weighted by Gasteiger charge is -2.12. The summed E-state index contributed by atoms with van der Waals surface area (Å²) in [6.45, 7) is 3.28. The molecule has 0 amide bonds. The van der Waals surface area contributed by atoms with Crippen LogP contribution in [-0.2, 0) is 0 Å². The Bertz CT molecular complexity index is 353. The lowest BCUT2D eigenvalue weighted by molar-refractivity contribution is 0.271. The minimum Gasteiger partial charge on any atom is -0.490 e. The molecule has 1 aromatic carbocycles. The third kappa shape index (κ3) is 4.71. The second kappa shape index (κ2) is 6.57. The number of halogens is 1. The van der Waals surface area contributed by atoms with E-state index >= 15 is 0 Å². The molecular weight excluding hydrogens is 219 g/mol. The van der Waals surface area contributed by atoms with Crippen LogP contribution in [0.2, 0.25) is 0 Å². The number of ether oxygens (including phenoxy) is 1. The van der Waals surface area contributed by atoms with E-state index in [1.165, 1.54) is 6.07 Å². The van der Waals surface area contributed by atoms with Gasteiger partial charge in [0.05, 0.1) is 6.61 Å². The standard InChI is InChI=1S/C13H21FN2O/c1-10(15)11-5-6-13(12(14)9-11)17-8-4-7-16(2)3/h5-6,9-10H,4,7-8,15H2,1-3H3/t10-/m1/s1. The SMILES string of the molecule is C[C@@H](N)c1ccc(OCCCN(C)C)c(F)c1. The topological polar surface area (TPSA) is 38.5 Å². The number of rotatable bonds is 6. The highest BCUT2D eigenvalue weighted by atomic mass is 19.1. The van der Waals surface area contributed by atoms with Gasteiger partial charge in [-0.15, -0.1) is 0 Å². The van der Waals surface area contributed by atoms with Crippen molar-refractivity contribution in [1.82, 2.24) is 4.90 Å². The van der Waals surface area contributed by atoms with Gasteiger partial charge >= 0.3 is 0 Å². The normalized spacial score (nSPS) is 12.8. The van der Waals surface area contributed by atoms with Crippen molar-refractivity contribution < 1.29 is 9.13 Å². The molecule has 0 aliphatic heterocycles. The van der Waals surface area contributed by atoms with Crippen molar-refractivity contribution in [3.63, 3.8) is 0 Å². The Morgan fingerprint density at radius 2 is 2.12 bits per heavy atom. The molecule has 0 bridgehead atoms. The lowest BCUT2D eigenvalue weighted by atomic mass is 10.1. The molecule has 96 valence electrons. The molecule has 0 saturated carbocycles. The van der Waals surface area contributed by atoms with Crippen molar-refractivity contribution in [2.75, 3.05) is 27.2 Å². The van der Waals surface area contributed by atoms with Crippen LogP contribution in [0, 0.1) is 5.82 Å². The monoisotopic (exact) mass is 240 g/mol. The Kier molecular flexibility index (Phi) is 5.38. The Hall–Kier alpha value is -1.13. The lowest BCUT2D eigenvalue weighted by Crippen LogP contribution is -2.15. The molecule has 0 fully saturated rings. The summed E-state index contributed by atoms with van der Waals surface area (Å²) in [4.78, 5) is 2.07. The average molecular weight is 240 g/mol. The van der Waals surface area contributed by atoms with Crippen molar-refractivity contribution in [3.05, 3.63) is 29.6 Å². The number of nitrogens with two attached hydrogens (primary N) is 1. The molecule has 0 unspecified atom stereocenters. The highest BCUT2D eigenvalue weighted by Gasteiger charge is 2.07. The van der Waals surface area contributed by atoms with Gasteiger partial charge in [0.25, 0.3) is 0 Å². The summed E-state index contributed by atoms with van der Waals surface area (Å²) in [5, 5.41) is 0. The zero-order chi connectivity index (χ0) is 12.8. The van der Waals surface area contributed by atoms with Gasteiger partial charge in [0, 0.05) is 12.6 Å². The van der Waals surface area contributed by atoms with E-state index in [0.717, 1.165) is 18.5 Å². The van der Waals surface area contributed by atoms with Crippen molar-refractivity contribution >= 4 is 0 Å². The molecule has 4 heteroatoms. The largest absolute Gasteiger partial charge is 0.490 e. The van der Waals surface area contributed by atoms with Gasteiger partial charge in [-0.25, -0.2) is 4.39 Å². The Morgan fingerprint density at radius 1 is 1.41 bits per heavy atom. The van der Waals surface area contributed by atoms with E-state index in [0.29, 0.717) is 12.4 Å². The van der Waals surface area contributed by atoms with Crippen molar-refractivity contribution in [1.29, 1.82) is 0 Å². The predicted molar refractivity (Wildman–Crippen MR) is 67.7 cm³/mol. The fourth-order valence-corrected chi connectivity index (χ4v) is 1.48. The van der Waals surface area contributed by atoms with Crippen LogP contribution in [0.25, 0.3) is 0 Å². The summed E-state index contributed by atoms with van der Waals surface area (Å²) >= 11 is 0. The number of benzene rings is 1. The molecule has 3 nitrogen and oxygen atoms in total. The fraction of sp³-hybridized carbons (Fsp3) is 0.538. The van der Waals surface area contributed by atoms with E-state index in [1.807, 2.05) is 21.0 Å². The quantitative estimate of drug-likeness (QED) is 0.774. The summed E-state index contributed by atoms with van der Waals surface area (Å²) in [5.74, 6) is -0.0437. The molecule has 1 rings (SSSR count). The van der Waals surface area contributed by atoms with Gasteiger partial charge in [-0.2, -0.15) is 0 Å². The smallest absolute Gasteiger partial charge is 0.165 e. The van der Waals surface area contributed by atoms with Gasteiger partial charge < -0.3 is 15.4 Å². The van der Waals surface area contributed by atoms with Crippen LogP contribution in [0.3, 0.4) is 0 Å². The van der Waals surface area contributed by atoms with Crippen LogP contribution < -0.4 is 10.5 Å². The minimum atomic E-state index is -0.343. The number of nitrogens with zero attached hydrogens (tertiary/aromatic N) is 1.